The molecule has 0 rings (SSSR count). The van der Waals surface area contributed by atoms with Crippen LogP contribution in [0.5, 0.6) is 0 Å². The highest BCUT2D eigenvalue weighted by atomic mass is 16.5. The minimum Gasteiger partial charge on any atom is -0.466 e. The van der Waals surface area contributed by atoms with E-state index in [1.807, 2.05) is 0 Å². The Morgan fingerprint density at radius 1 is 0.307 bits per heavy atom. The number of ether oxygens (including phenoxy) is 1. The quantitative estimate of drug-likeness (QED) is 0.0320. The summed E-state index contributed by atoms with van der Waals surface area (Å²) in [5.41, 5.74) is 0. The second-order valence-corrected chi connectivity index (χ2v) is 28.5. The Kier molecular flexibility index (Phi) is 76.8. The van der Waals surface area contributed by atoms with E-state index in [0.717, 1.165) is 44.9 Å². The van der Waals surface area contributed by atoms with Crippen LogP contribution in [0.25, 0.3) is 0 Å². The average molecular weight is 1240 g/mol. The zero-order valence-corrected chi connectivity index (χ0v) is 60.3. The van der Waals surface area contributed by atoms with Crippen molar-refractivity contribution in [2.45, 2.75) is 488 Å². The van der Waals surface area contributed by atoms with E-state index in [2.05, 4.69) is 31.3 Å². The zero-order valence-electron chi connectivity index (χ0n) is 60.3. The van der Waals surface area contributed by atoms with Crippen molar-refractivity contribution in [3.8, 4) is 0 Å². The van der Waals surface area contributed by atoms with Crippen LogP contribution in [0.15, 0.2) is 12.2 Å². The molecule has 2 atom stereocenters. The Hall–Kier alpha value is -1.40. The fourth-order valence-electron chi connectivity index (χ4n) is 13.3. The van der Waals surface area contributed by atoms with Gasteiger partial charge in [-0.2, -0.15) is 0 Å². The van der Waals surface area contributed by atoms with E-state index < -0.39 is 12.1 Å². The van der Waals surface area contributed by atoms with Gasteiger partial charge in [0.15, 0.2) is 0 Å². The van der Waals surface area contributed by atoms with Crippen LogP contribution < -0.4 is 5.32 Å². The molecule has 0 bridgehead atoms. The van der Waals surface area contributed by atoms with Gasteiger partial charge in [0.05, 0.1) is 25.4 Å². The van der Waals surface area contributed by atoms with Gasteiger partial charge >= 0.3 is 5.97 Å². The highest BCUT2D eigenvalue weighted by Crippen LogP contribution is 2.21. The number of carbonyl (C=O) groups is 2. The van der Waals surface area contributed by atoms with E-state index in [9.17, 15) is 19.8 Å². The number of unbranched alkanes of at least 4 members (excludes halogenated alkanes) is 65. The molecule has 0 spiro atoms. The van der Waals surface area contributed by atoms with Crippen molar-refractivity contribution in [2.75, 3.05) is 13.2 Å². The van der Waals surface area contributed by atoms with Gasteiger partial charge in [0, 0.05) is 12.8 Å². The maximum Gasteiger partial charge on any atom is 0.305 e. The van der Waals surface area contributed by atoms with Crippen molar-refractivity contribution in [1.29, 1.82) is 0 Å². The fourth-order valence-corrected chi connectivity index (χ4v) is 13.3. The minimum absolute atomic E-state index is 0.0187. The number of aliphatic hydroxyl groups is 2. The van der Waals surface area contributed by atoms with Crippen molar-refractivity contribution in [1.82, 2.24) is 5.32 Å². The first-order chi connectivity index (χ1) is 43.5. The molecule has 3 N–H and O–H groups in total. The summed E-state index contributed by atoms with van der Waals surface area (Å²) in [6.07, 6.45) is 98.8. The molecule has 6 nitrogen and oxygen atoms in total. The predicted octanol–water partition coefficient (Wildman–Crippen LogP) is 27.1. The molecule has 0 saturated carbocycles. The molecule has 0 aliphatic heterocycles. The maximum absolute atomic E-state index is 12.6. The minimum atomic E-state index is -0.663. The van der Waals surface area contributed by atoms with Gasteiger partial charge in [0.2, 0.25) is 5.91 Å². The van der Waals surface area contributed by atoms with Gasteiger partial charge in [-0.05, 0) is 51.4 Å². The van der Waals surface area contributed by atoms with Gasteiger partial charge in [-0.3, -0.25) is 9.59 Å². The Balaban J connectivity index is 3.33. The normalized spacial score (nSPS) is 12.5. The van der Waals surface area contributed by atoms with E-state index in [-0.39, 0.29) is 18.5 Å². The lowest BCUT2D eigenvalue weighted by molar-refractivity contribution is -0.143. The molecule has 88 heavy (non-hydrogen) atoms. The summed E-state index contributed by atoms with van der Waals surface area (Å²) in [5, 5.41) is 23.5. The predicted molar refractivity (Wildman–Crippen MR) is 389 cm³/mol. The summed E-state index contributed by atoms with van der Waals surface area (Å²) in [5.74, 6) is -0.00618. The van der Waals surface area contributed by atoms with Gasteiger partial charge in [0.25, 0.3) is 0 Å². The van der Waals surface area contributed by atoms with E-state index in [4.69, 9.17) is 4.74 Å². The molecule has 0 fully saturated rings. The summed E-state index contributed by atoms with van der Waals surface area (Å²) in [4.78, 5) is 24.7. The highest BCUT2D eigenvalue weighted by Gasteiger charge is 2.20. The molecule has 0 aromatic rings. The molecule has 524 valence electrons. The van der Waals surface area contributed by atoms with Crippen molar-refractivity contribution < 1.29 is 24.5 Å². The Morgan fingerprint density at radius 3 is 0.807 bits per heavy atom. The van der Waals surface area contributed by atoms with E-state index >= 15 is 0 Å². The van der Waals surface area contributed by atoms with Gasteiger partial charge in [-0.25, -0.2) is 0 Å². The van der Waals surface area contributed by atoms with Gasteiger partial charge in [0.1, 0.15) is 0 Å². The molecular formula is C82H161NO5. The zero-order chi connectivity index (χ0) is 63.5. The van der Waals surface area contributed by atoms with Crippen LogP contribution in [0, 0.1) is 0 Å². The molecule has 0 aliphatic carbocycles. The van der Waals surface area contributed by atoms with Gasteiger partial charge in [-0.15, -0.1) is 0 Å². The number of aliphatic hydroxyl groups excluding tert-OH is 2. The molecule has 1 amide bonds. The fraction of sp³-hybridized carbons (Fsp3) is 0.951. The monoisotopic (exact) mass is 1240 g/mol. The first-order valence-electron chi connectivity index (χ1n) is 40.9. The van der Waals surface area contributed by atoms with Crippen LogP contribution >= 0.6 is 0 Å². The van der Waals surface area contributed by atoms with E-state index in [0.29, 0.717) is 25.9 Å². The number of esters is 1. The molecular weight excluding hydrogens is 1080 g/mol. The number of amides is 1. The molecule has 6 heteroatoms. The van der Waals surface area contributed by atoms with Crippen LogP contribution in [0.2, 0.25) is 0 Å². The van der Waals surface area contributed by atoms with Crippen molar-refractivity contribution in [3.05, 3.63) is 12.2 Å². The third-order valence-electron chi connectivity index (χ3n) is 19.6. The van der Waals surface area contributed by atoms with Crippen molar-refractivity contribution in [2.24, 2.45) is 0 Å². The van der Waals surface area contributed by atoms with Gasteiger partial charge < -0.3 is 20.3 Å². The molecule has 0 saturated heterocycles. The third kappa shape index (κ3) is 73.6. The molecule has 0 aliphatic rings. The molecule has 0 heterocycles. The first kappa shape index (κ1) is 86.6. The highest BCUT2D eigenvalue weighted by molar-refractivity contribution is 5.76. The van der Waals surface area contributed by atoms with E-state index in [1.54, 1.807) is 0 Å². The van der Waals surface area contributed by atoms with Crippen LogP contribution in [-0.4, -0.2) is 47.4 Å². The van der Waals surface area contributed by atoms with Crippen LogP contribution in [0.4, 0.5) is 0 Å². The largest absolute Gasteiger partial charge is 0.466 e. The molecule has 0 aromatic heterocycles. The van der Waals surface area contributed by atoms with Crippen LogP contribution in [0.1, 0.15) is 476 Å². The lowest BCUT2D eigenvalue weighted by Crippen LogP contribution is -2.45. The summed E-state index contributed by atoms with van der Waals surface area (Å²) >= 11 is 0. The van der Waals surface area contributed by atoms with Crippen molar-refractivity contribution in [3.63, 3.8) is 0 Å². The Bertz CT molecular complexity index is 1340. The number of rotatable bonds is 78. The number of hydrogen-bond donors (Lipinski definition) is 3. The standard InChI is InChI=1S/C82H161NO5/c1-3-5-7-9-11-13-15-17-19-21-23-24-33-36-39-42-46-50-54-58-62-66-70-74-80(85)79(78-84)83-81(86)75-71-67-63-59-55-51-47-43-40-37-34-31-29-27-25-26-28-30-32-35-38-41-45-49-53-57-61-65-69-73-77-88-82(87)76-72-68-64-60-56-52-48-44-22-20-18-16-14-12-10-8-6-4-2/h20,22,79-80,84-85H,3-19,21,23-78H2,1-2H3,(H,83,86)/b22-20-. The van der Waals surface area contributed by atoms with E-state index in [1.165, 1.54) is 398 Å². The topological polar surface area (TPSA) is 95.9 Å². The van der Waals surface area contributed by atoms with Crippen LogP contribution in [-0.2, 0) is 14.3 Å². The SMILES string of the molecule is CCCCCCCCC/C=C\CCCCCCCCCC(=O)OCCCCCCCCCCCCCCCCCCCCCCCCCCCCCCCCC(=O)NC(CO)C(O)CCCCCCCCCCCCCCCCCCCCCCCCC. The number of carbonyl (C=O) groups excluding carboxylic acids is 2. The number of allylic oxidation sites excluding steroid dienone is 2. The second-order valence-electron chi connectivity index (χ2n) is 28.5. The summed E-state index contributed by atoms with van der Waals surface area (Å²) in [6.45, 7) is 5.01. The summed E-state index contributed by atoms with van der Waals surface area (Å²) < 4.78 is 5.52. The Labute approximate surface area is 552 Å². The average Bonchev–Trinajstić information content (AvgIpc) is 3.59. The summed E-state index contributed by atoms with van der Waals surface area (Å²) in [6, 6.07) is -0.539. The molecule has 0 radical (unpaired) electrons. The first-order valence-corrected chi connectivity index (χ1v) is 40.9. The van der Waals surface area contributed by atoms with Crippen molar-refractivity contribution >= 4 is 11.9 Å². The summed E-state index contributed by atoms with van der Waals surface area (Å²) in [7, 11) is 0. The number of hydrogen-bond acceptors (Lipinski definition) is 5. The smallest absolute Gasteiger partial charge is 0.305 e. The number of nitrogens with one attached hydrogen (secondary N) is 1. The third-order valence-corrected chi connectivity index (χ3v) is 19.6. The molecule has 0 aromatic carbocycles. The molecule has 2 unspecified atom stereocenters. The maximum atomic E-state index is 12.6. The Morgan fingerprint density at radius 2 is 0.534 bits per heavy atom. The van der Waals surface area contributed by atoms with Crippen LogP contribution in [0.3, 0.4) is 0 Å². The lowest BCUT2D eigenvalue weighted by Gasteiger charge is -2.22. The van der Waals surface area contributed by atoms with Gasteiger partial charge in [-0.1, -0.05) is 424 Å². The second kappa shape index (κ2) is 78.0. The lowest BCUT2D eigenvalue weighted by atomic mass is 10.0.